The van der Waals surface area contributed by atoms with Gasteiger partial charge in [0.2, 0.25) is 10.0 Å². The lowest BCUT2D eigenvalue weighted by atomic mass is 10.2. The molecule has 16 heavy (non-hydrogen) atoms. The number of benzene rings is 1. The van der Waals surface area contributed by atoms with Crippen molar-refractivity contribution in [1.29, 1.82) is 0 Å². The molecule has 0 unspecified atom stereocenters. The van der Waals surface area contributed by atoms with Gasteiger partial charge in [-0.3, -0.25) is 4.31 Å². The Morgan fingerprint density at radius 2 is 2.06 bits per heavy atom. The van der Waals surface area contributed by atoms with Gasteiger partial charge >= 0.3 is 0 Å². The van der Waals surface area contributed by atoms with Crippen molar-refractivity contribution in [2.75, 3.05) is 28.5 Å². The van der Waals surface area contributed by atoms with Gasteiger partial charge in [-0.2, -0.15) is 0 Å². The summed E-state index contributed by atoms with van der Waals surface area (Å²) in [4.78, 5) is 0. The van der Waals surface area contributed by atoms with Gasteiger partial charge in [-0.1, -0.05) is 12.1 Å². The second-order valence-electron chi connectivity index (χ2n) is 3.42. The Morgan fingerprint density at radius 3 is 2.75 bits per heavy atom. The summed E-state index contributed by atoms with van der Waals surface area (Å²) in [6, 6.07) is 7.47. The zero-order valence-corrected chi connectivity index (χ0v) is 10.6. The Bertz CT molecular complexity index is 462. The Morgan fingerprint density at radius 1 is 1.38 bits per heavy atom. The highest BCUT2D eigenvalue weighted by atomic mass is 35.5. The van der Waals surface area contributed by atoms with Gasteiger partial charge in [0.15, 0.2) is 0 Å². The Hall–Kier alpha value is -0.940. The van der Waals surface area contributed by atoms with Crippen LogP contribution < -0.4 is 9.62 Å². The van der Waals surface area contributed by atoms with Crippen molar-refractivity contribution in [2.24, 2.45) is 0 Å². The Labute approximate surface area is 102 Å². The van der Waals surface area contributed by atoms with Crippen LogP contribution in [0, 0.1) is 0 Å². The SMILES string of the molecule is CCS(=O)(=O)N1CCNc2ccccc21.Cl. The van der Waals surface area contributed by atoms with Gasteiger partial charge in [-0.25, -0.2) is 8.42 Å². The predicted molar refractivity (Wildman–Crippen MR) is 69.0 cm³/mol. The summed E-state index contributed by atoms with van der Waals surface area (Å²) < 4.78 is 25.1. The lowest BCUT2D eigenvalue weighted by molar-refractivity contribution is 0.592. The van der Waals surface area contributed by atoms with Crippen LogP contribution in [0.4, 0.5) is 11.4 Å². The predicted octanol–water partition coefficient (Wildman–Crippen LogP) is 1.69. The van der Waals surface area contributed by atoms with E-state index in [-0.39, 0.29) is 18.2 Å². The number of fused-ring (bicyclic) bond motifs is 1. The molecule has 1 N–H and O–H groups in total. The molecule has 0 amide bonds. The quantitative estimate of drug-likeness (QED) is 0.882. The van der Waals surface area contributed by atoms with Crippen LogP contribution in [0.2, 0.25) is 0 Å². The second-order valence-corrected chi connectivity index (χ2v) is 5.60. The molecule has 2 rings (SSSR count). The minimum atomic E-state index is -3.14. The van der Waals surface area contributed by atoms with Crippen molar-refractivity contribution in [1.82, 2.24) is 0 Å². The minimum Gasteiger partial charge on any atom is -0.382 e. The van der Waals surface area contributed by atoms with E-state index in [4.69, 9.17) is 0 Å². The van der Waals surface area contributed by atoms with Crippen LogP contribution in [0.1, 0.15) is 6.92 Å². The molecule has 0 aliphatic carbocycles. The lowest BCUT2D eigenvalue weighted by Crippen LogP contribution is -2.39. The molecule has 1 heterocycles. The number of rotatable bonds is 2. The van der Waals surface area contributed by atoms with Crippen LogP contribution in [-0.4, -0.2) is 27.3 Å². The van der Waals surface area contributed by atoms with Gasteiger partial charge in [0.05, 0.1) is 23.7 Å². The smallest absolute Gasteiger partial charge is 0.235 e. The van der Waals surface area contributed by atoms with E-state index >= 15 is 0 Å². The minimum absolute atomic E-state index is 0. The van der Waals surface area contributed by atoms with E-state index < -0.39 is 10.0 Å². The van der Waals surface area contributed by atoms with E-state index in [1.807, 2.05) is 24.3 Å². The maximum atomic E-state index is 11.8. The third-order valence-corrected chi connectivity index (χ3v) is 4.28. The fourth-order valence-corrected chi connectivity index (χ4v) is 2.84. The normalized spacial score (nSPS) is 14.7. The maximum absolute atomic E-state index is 11.8. The molecule has 1 aromatic rings. The van der Waals surface area contributed by atoms with E-state index in [9.17, 15) is 8.42 Å². The van der Waals surface area contributed by atoms with Crippen LogP contribution in [0.25, 0.3) is 0 Å². The number of nitrogens with zero attached hydrogens (tertiary/aromatic N) is 1. The zero-order valence-electron chi connectivity index (χ0n) is 9.01. The molecular formula is C10H15ClN2O2S. The second kappa shape index (κ2) is 4.93. The largest absolute Gasteiger partial charge is 0.382 e. The fraction of sp³-hybridized carbons (Fsp3) is 0.400. The van der Waals surface area contributed by atoms with Gasteiger partial charge in [-0.05, 0) is 19.1 Å². The van der Waals surface area contributed by atoms with Gasteiger partial charge in [0.1, 0.15) is 0 Å². The number of hydrogen-bond acceptors (Lipinski definition) is 3. The topological polar surface area (TPSA) is 49.4 Å². The van der Waals surface area contributed by atoms with Crippen LogP contribution in [0.3, 0.4) is 0 Å². The molecule has 0 saturated heterocycles. The first kappa shape index (κ1) is 13.1. The summed E-state index contributed by atoms with van der Waals surface area (Å²) in [5.74, 6) is 0.140. The van der Waals surface area contributed by atoms with Crippen LogP contribution in [0.5, 0.6) is 0 Å². The zero-order chi connectivity index (χ0) is 10.9. The summed E-state index contributed by atoms with van der Waals surface area (Å²) in [5, 5.41) is 3.18. The summed E-state index contributed by atoms with van der Waals surface area (Å²) in [5.41, 5.74) is 1.64. The molecule has 6 heteroatoms. The number of para-hydroxylation sites is 2. The summed E-state index contributed by atoms with van der Waals surface area (Å²) in [7, 11) is -3.14. The monoisotopic (exact) mass is 262 g/mol. The average Bonchev–Trinajstić information content (AvgIpc) is 2.28. The molecule has 1 aliphatic rings. The number of sulfonamides is 1. The Balaban J connectivity index is 0.00000128. The first-order valence-electron chi connectivity index (χ1n) is 4.98. The maximum Gasteiger partial charge on any atom is 0.235 e. The average molecular weight is 263 g/mol. The number of nitrogens with one attached hydrogen (secondary N) is 1. The van der Waals surface area contributed by atoms with Crippen molar-refractivity contribution in [3.63, 3.8) is 0 Å². The molecule has 1 aromatic carbocycles. The lowest BCUT2D eigenvalue weighted by Gasteiger charge is -2.30. The number of halogens is 1. The molecule has 0 radical (unpaired) electrons. The molecule has 0 atom stereocenters. The van der Waals surface area contributed by atoms with Crippen LogP contribution in [0.15, 0.2) is 24.3 Å². The van der Waals surface area contributed by atoms with Gasteiger partial charge in [0, 0.05) is 6.54 Å². The number of hydrogen-bond donors (Lipinski definition) is 1. The van der Waals surface area contributed by atoms with Crippen molar-refractivity contribution in [3.8, 4) is 0 Å². The highest BCUT2D eigenvalue weighted by Crippen LogP contribution is 2.30. The van der Waals surface area contributed by atoms with E-state index in [1.165, 1.54) is 4.31 Å². The fourth-order valence-electron chi connectivity index (χ4n) is 1.70. The molecular weight excluding hydrogens is 248 g/mol. The molecule has 0 aromatic heterocycles. The van der Waals surface area contributed by atoms with Gasteiger partial charge in [-0.15, -0.1) is 12.4 Å². The molecule has 90 valence electrons. The highest BCUT2D eigenvalue weighted by molar-refractivity contribution is 7.92. The van der Waals surface area contributed by atoms with Crippen LogP contribution in [-0.2, 0) is 10.0 Å². The summed E-state index contributed by atoms with van der Waals surface area (Å²) in [6.45, 7) is 2.84. The van der Waals surface area contributed by atoms with E-state index in [1.54, 1.807) is 6.92 Å². The first-order chi connectivity index (χ1) is 7.15. The molecule has 0 saturated carbocycles. The third kappa shape index (κ3) is 2.25. The summed E-state index contributed by atoms with van der Waals surface area (Å²) in [6.07, 6.45) is 0. The molecule has 0 fully saturated rings. The standard InChI is InChI=1S/C10H14N2O2S.ClH/c1-2-15(13,14)12-8-7-11-9-5-3-4-6-10(9)12;/h3-6,11H,2,7-8H2,1H3;1H. The van der Waals surface area contributed by atoms with Gasteiger partial charge < -0.3 is 5.32 Å². The molecule has 1 aliphatic heterocycles. The number of anilines is 2. The van der Waals surface area contributed by atoms with Crippen LogP contribution >= 0.6 is 12.4 Å². The van der Waals surface area contributed by atoms with Crippen molar-refractivity contribution < 1.29 is 8.42 Å². The van der Waals surface area contributed by atoms with E-state index in [2.05, 4.69) is 5.32 Å². The highest BCUT2D eigenvalue weighted by Gasteiger charge is 2.25. The van der Waals surface area contributed by atoms with Crippen molar-refractivity contribution in [3.05, 3.63) is 24.3 Å². The summed E-state index contributed by atoms with van der Waals surface area (Å²) >= 11 is 0. The molecule has 0 bridgehead atoms. The Kier molecular flexibility index (Phi) is 4.04. The third-order valence-electron chi connectivity index (χ3n) is 2.50. The van der Waals surface area contributed by atoms with Crippen molar-refractivity contribution >= 4 is 33.8 Å². The first-order valence-corrected chi connectivity index (χ1v) is 6.59. The molecule has 4 nitrogen and oxygen atoms in total. The van der Waals surface area contributed by atoms with E-state index in [0.717, 1.165) is 11.4 Å². The molecule has 0 spiro atoms. The van der Waals surface area contributed by atoms with E-state index in [0.29, 0.717) is 13.1 Å². The van der Waals surface area contributed by atoms with Gasteiger partial charge in [0.25, 0.3) is 0 Å². The van der Waals surface area contributed by atoms with Crippen molar-refractivity contribution in [2.45, 2.75) is 6.92 Å².